The van der Waals surface area contributed by atoms with Crippen molar-refractivity contribution >= 4 is 16.4 Å². The van der Waals surface area contributed by atoms with Gasteiger partial charge in [-0.25, -0.2) is 0 Å². The van der Waals surface area contributed by atoms with Crippen molar-refractivity contribution in [2.45, 2.75) is 12.8 Å². The second-order valence-corrected chi connectivity index (χ2v) is 3.30. The minimum atomic E-state index is 1.15. The van der Waals surface area contributed by atoms with Crippen LogP contribution in [-0.2, 0) is 0 Å². The van der Waals surface area contributed by atoms with Gasteiger partial charge in [-0.15, -0.1) is 11.4 Å². The van der Waals surface area contributed by atoms with Gasteiger partial charge in [0.15, 0.2) is 0 Å². The van der Waals surface area contributed by atoms with Crippen molar-refractivity contribution in [3.05, 3.63) is 16.7 Å². The van der Waals surface area contributed by atoms with Crippen LogP contribution in [0.25, 0.3) is 0 Å². The monoisotopic (exact) mass is 139 g/mol. The third-order valence-corrected chi connectivity index (χ3v) is 2.62. The number of thiol groups is 1. The Labute approximate surface area is 58.4 Å². The van der Waals surface area contributed by atoms with Crippen molar-refractivity contribution in [1.82, 2.24) is 5.32 Å². The molecular weight excluding hydrogens is 130 g/mol. The van der Waals surface area contributed by atoms with Crippen molar-refractivity contribution in [2.75, 3.05) is 6.54 Å². The fourth-order valence-electron chi connectivity index (χ4n) is 1.14. The third kappa shape index (κ3) is 0.846. The van der Waals surface area contributed by atoms with Gasteiger partial charge in [-0.05, 0) is 12.8 Å². The molecule has 2 heteroatoms. The highest BCUT2D eigenvalue weighted by atomic mass is 32.1. The first-order valence-corrected chi connectivity index (χ1v) is 4.13. The van der Waals surface area contributed by atoms with E-state index in [2.05, 4.69) is 16.4 Å². The maximum absolute atomic E-state index is 3.34. The topological polar surface area (TPSA) is 12.0 Å². The molecule has 0 saturated carbocycles. The van der Waals surface area contributed by atoms with E-state index in [0.717, 1.165) is 6.54 Å². The van der Waals surface area contributed by atoms with E-state index in [4.69, 9.17) is 0 Å². The van der Waals surface area contributed by atoms with Crippen LogP contribution in [0.4, 0.5) is 0 Å². The quantitative estimate of drug-likeness (QED) is 0.377. The summed E-state index contributed by atoms with van der Waals surface area (Å²) in [5.41, 5.74) is 1.34. The number of hydrogen-bond acceptors (Lipinski definition) is 1. The average Bonchev–Trinajstić information content (AvgIpc) is 2.33. The van der Waals surface area contributed by atoms with Gasteiger partial charge >= 0.3 is 0 Å². The molecule has 0 aromatic carbocycles. The van der Waals surface area contributed by atoms with Crippen LogP contribution >= 0.6 is 11.4 Å². The molecule has 9 heavy (non-hydrogen) atoms. The summed E-state index contributed by atoms with van der Waals surface area (Å²) in [7, 11) is 0. The van der Waals surface area contributed by atoms with E-state index >= 15 is 0 Å². The molecule has 0 amide bonds. The Morgan fingerprint density at radius 2 is 2.67 bits per heavy atom. The standard InChI is InChI=1S/C7H9NS/c1-2-7-6(8-4-1)3-5-9-7/h3,8-9H,1-2,4H2. The van der Waals surface area contributed by atoms with Crippen LogP contribution in [0.2, 0.25) is 0 Å². The number of nitrogens with one attached hydrogen (secondary N) is 1. The number of rotatable bonds is 0. The van der Waals surface area contributed by atoms with Crippen molar-refractivity contribution in [1.29, 1.82) is 0 Å². The van der Waals surface area contributed by atoms with Crippen molar-refractivity contribution in [3.63, 3.8) is 0 Å². The molecule has 0 fully saturated rings. The van der Waals surface area contributed by atoms with Crippen molar-refractivity contribution < 1.29 is 0 Å². The second kappa shape index (κ2) is 2.05. The number of hydrogen-bond donors (Lipinski definition) is 2. The predicted octanol–water partition coefficient (Wildman–Crippen LogP) is 1.02. The van der Waals surface area contributed by atoms with Gasteiger partial charge in [0, 0.05) is 17.5 Å². The van der Waals surface area contributed by atoms with Crippen LogP contribution in [-0.4, -0.2) is 11.6 Å². The molecule has 1 N–H and O–H groups in total. The molecule has 0 aromatic rings. The van der Waals surface area contributed by atoms with E-state index in [9.17, 15) is 0 Å². The van der Waals surface area contributed by atoms with E-state index in [-0.39, 0.29) is 0 Å². The Morgan fingerprint density at radius 1 is 1.67 bits per heavy atom. The van der Waals surface area contributed by atoms with Crippen molar-refractivity contribution in [3.8, 4) is 0 Å². The summed E-state index contributed by atoms with van der Waals surface area (Å²) >= 11 is 1.29. The van der Waals surface area contributed by atoms with E-state index in [1.165, 1.54) is 34.8 Å². The van der Waals surface area contributed by atoms with Gasteiger partial charge in [0.25, 0.3) is 0 Å². The maximum atomic E-state index is 3.34. The average molecular weight is 139 g/mol. The molecule has 0 atom stereocenters. The van der Waals surface area contributed by atoms with Gasteiger partial charge in [-0.1, -0.05) is 5.02 Å². The smallest absolute Gasteiger partial charge is 0.0518 e. The molecule has 2 aliphatic heterocycles. The summed E-state index contributed by atoms with van der Waals surface area (Å²) in [6, 6.07) is 0. The van der Waals surface area contributed by atoms with Gasteiger partial charge in [-0.3, -0.25) is 0 Å². The second-order valence-electron chi connectivity index (χ2n) is 2.28. The Kier molecular flexibility index (Phi) is 1.22. The number of allylic oxidation sites excluding steroid dienone is 2. The molecule has 0 unspecified atom stereocenters. The highest BCUT2D eigenvalue weighted by Crippen LogP contribution is 2.23. The summed E-state index contributed by atoms with van der Waals surface area (Å²) in [5.74, 6) is 0. The maximum Gasteiger partial charge on any atom is 0.0518 e. The molecule has 0 spiro atoms. The van der Waals surface area contributed by atoms with Gasteiger partial charge in [-0.2, -0.15) is 0 Å². The van der Waals surface area contributed by atoms with Gasteiger partial charge in [0.05, 0.1) is 5.70 Å². The van der Waals surface area contributed by atoms with Crippen LogP contribution in [0, 0.1) is 0 Å². The van der Waals surface area contributed by atoms with Crippen LogP contribution in [0.15, 0.2) is 16.7 Å². The Bertz CT molecular complexity index is 201. The summed E-state index contributed by atoms with van der Waals surface area (Å²) in [6.07, 6.45) is 4.63. The lowest BCUT2D eigenvalue weighted by atomic mass is 10.2. The van der Waals surface area contributed by atoms with Crippen LogP contribution in [0.3, 0.4) is 0 Å². The van der Waals surface area contributed by atoms with Gasteiger partial charge < -0.3 is 5.32 Å². The molecule has 1 nitrogen and oxygen atoms in total. The zero-order valence-electron chi connectivity index (χ0n) is 5.15. The molecule has 2 rings (SSSR count). The molecule has 0 radical (unpaired) electrons. The Hall–Kier alpha value is -0.460. The van der Waals surface area contributed by atoms with E-state index in [1.54, 1.807) is 0 Å². The highest BCUT2D eigenvalue weighted by Gasteiger charge is 2.08. The lowest BCUT2D eigenvalue weighted by molar-refractivity contribution is 0.699. The lowest BCUT2D eigenvalue weighted by Gasteiger charge is -2.13. The summed E-state index contributed by atoms with van der Waals surface area (Å²) in [6.45, 7) is 1.15. The zero-order chi connectivity index (χ0) is 6.10. The molecule has 0 aromatic heterocycles. The van der Waals surface area contributed by atoms with Crippen LogP contribution in [0.5, 0.6) is 0 Å². The zero-order valence-corrected chi connectivity index (χ0v) is 6.04. The van der Waals surface area contributed by atoms with Gasteiger partial charge in [0.2, 0.25) is 0 Å². The molecule has 48 valence electrons. The van der Waals surface area contributed by atoms with E-state index in [1.807, 2.05) is 0 Å². The van der Waals surface area contributed by atoms with E-state index < -0.39 is 0 Å². The fraction of sp³-hybridized carbons (Fsp3) is 0.429. The van der Waals surface area contributed by atoms with Crippen molar-refractivity contribution in [2.24, 2.45) is 0 Å². The van der Waals surface area contributed by atoms with Crippen LogP contribution < -0.4 is 5.32 Å². The molecule has 0 bridgehead atoms. The first-order chi connectivity index (χ1) is 4.47. The first kappa shape index (κ1) is 5.33. The molecular formula is C7H9NS. The fourth-order valence-corrected chi connectivity index (χ4v) is 2.02. The minimum Gasteiger partial charge on any atom is -0.384 e. The largest absolute Gasteiger partial charge is 0.384 e. The molecule has 0 aliphatic carbocycles. The Balaban J connectivity index is 2.32. The third-order valence-electron chi connectivity index (χ3n) is 1.63. The van der Waals surface area contributed by atoms with Crippen LogP contribution in [0.1, 0.15) is 12.8 Å². The molecule has 2 heterocycles. The minimum absolute atomic E-state index is 1.15. The SMILES string of the molecule is C1=CC2=C(CCCN2)[SH]=1. The van der Waals surface area contributed by atoms with Gasteiger partial charge in [0.1, 0.15) is 0 Å². The normalized spacial score (nSPS) is 23.1. The summed E-state index contributed by atoms with van der Waals surface area (Å²) < 4.78 is 0. The first-order valence-electron chi connectivity index (χ1n) is 3.23. The molecule has 0 saturated heterocycles. The predicted molar refractivity (Wildman–Crippen MR) is 42.8 cm³/mol. The van der Waals surface area contributed by atoms with E-state index in [0.29, 0.717) is 0 Å². The highest BCUT2D eigenvalue weighted by molar-refractivity contribution is 8.01. The Morgan fingerprint density at radius 3 is 3.56 bits per heavy atom. The summed E-state index contributed by atoms with van der Waals surface area (Å²) in [5, 5.41) is 6.51. The molecule has 2 aliphatic rings. The lowest BCUT2D eigenvalue weighted by Crippen LogP contribution is -2.18. The summed E-state index contributed by atoms with van der Waals surface area (Å²) in [4.78, 5) is 1.53.